The van der Waals surface area contributed by atoms with Gasteiger partial charge in [-0.15, -0.1) is 0 Å². The molecule has 90 valence electrons. The number of methoxy groups -OCH3 is 2. The van der Waals surface area contributed by atoms with Crippen LogP contribution < -0.4 is 5.32 Å². The van der Waals surface area contributed by atoms with Crippen LogP contribution in [0.4, 0.5) is 0 Å². The van der Waals surface area contributed by atoms with Crippen LogP contribution in [0, 0.1) is 11.3 Å². The molecule has 0 amide bonds. The third-order valence-electron chi connectivity index (χ3n) is 3.45. The molecular formula is C12H25NO2. The van der Waals surface area contributed by atoms with E-state index in [9.17, 15) is 0 Å². The summed E-state index contributed by atoms with van der Waals surface area (Å²) in [7, 11) is 3.53. The van der Waals surface area contributed by atoms with Crippen LogP contribution in [0.1, 0.15) is 26.2 Å². The predicted molar refractivity (Wildman–Crippen MR) is 62.1 cm³/mol. The molecule has 0 spiro atoms. The number of nitrogens with one attached hydrogen (secondary N) is 1. The maximum absolute atomic E-state index is 5.19. The van der Waals surface area contributed by atoms with E-state index in [4.69, 9.17) is 9.47 Å². The Morgan fingerprint density at radius 2 is 1.87 bits per heavy atom. The van der Waals surface area contributed by atoms with E-state index in [-0.39, 0.29) is 0 Å². The Morgan fingerprint density at radius 3 is 2.40 bits per heavy atom. The summed E-state index contributed by atoms with van der Waals surface area (Å²) in [5.74, 6) is 0.905. The second-order valence-corrected chi connectivity index (χ2v) is 4.84. The fourth-order valence-electron chi connectivity index (χ4n) is 2.10. The largest absolute Gasteiger partial charge is 0.385 e. The predicted octanol–water partition coefficient (Wildman–Crippen LogP) is 1.68. The van der Waals surface area contributed by atoms with Crippen LogP contribution in [0.15, 0.2) is 0 Å². The van der Waals surface area contributed by atoms with Crippen molar-refractivity contribution >= 4 is 0 Å². The van der Waals surface area contributed by atoms with Gasteiger partial charge in [0.1, 0.15) is 0 Å². The Morgan fingerprint density at radius 1 is 1.20 bits per heavy atom. The van der Waals surface area contributed by atoms with E-state index in [1.807, 2.05) is 0 Å². The second-order valence-electron chi connectivity index (χ2n) is 4.84. The molecule has 0 bridgehead atoms. The van der Waals surface area contributed by atoms with E-state index >= 15 is 0 Å². The third kappa shape index (κ3) is 4.49. The lowest BCUT2D eigenvalue weighted by atomic mass is 9.81. The molecule has 0 aromatic rings. The van der Waals surface area contributed by atoms with Crippen LogP contribution in [0.25, 0.3) is 0 Å². The van der Waals surface area contributed by atoms with Crippen molar-refractivity contribution in [3.8, 4) is 0 Å². The fourth-order valence-corrected chi connectivity index (χ4v) is 2.10. The Kier molecular flexibility index (Phi) is 5.58. The lowest BCUT2D eigenvalue weighted by Crippen LogP contribution is -2.36. The topological polar surface area (TPSA) is 30.5 Å². The molecule has 1 unspecified atom stereocenters. The minimum atomic E-state index is 0.420. The van der Waals surface area contributed by atoms with Gasteiger partial charge in [-0.05, 0) is 30.6 Å². The Hall–Kier alpha value is -0.120. The molecule has 3 heteroatoms. The molecule has 1 fully saturated rings. The first-order chi connectivity index (χ1) is 7.23. The van der Waals surface area contributed by atoms with Crippen LogP contribution in [0.5, 0.6) is 0 Å². The number of hydrogen-bond donors (Lipinski definition) is 1. The van der Waals surface area contributed by atoms with Crippen molar-refractivity contribution in [2.45, 2.75) is 26.2 Å². The van der Waals surface area contributed by atoms with Gasteiger partial charge in [0.25, 0.3) is 0 Å². The number of rotatable bonds is 9. The summed E-state index contributed by atoms with van der Waals surface area (Å²) in [6.45, 7) is 6.09. The van der Waals surface area contributed by atoms with E-state index in [1.54, 1.807) is 14.2 Å². The van der Waals surface area contributed by atoms with Gasteiger partial charge in [-0.2, -0.15) is 0 Å². The van der Waals surface area contributed by atoms with Crippen molar-refractivity contribution in [1.82, 2.24) is 5.32 Å². The quantitative estimate of drug-likeness (QED) is 0.594. The molecule has 0 aliphatic heterocycles. The Balaban J connectivity index is 2.22. The minimum Gasteiger partial charge on any atom is -0.385 e. The molecule has 0 aromatic carbocycles. The lowest BCUT2D eigenvalue weighted by molar-refractivity contribution is 0.125. The normalized spacial score (nSPS) is 20.2. The lowest BCUT2D eigenvalue weighted by Gasteiger charge is -2.30. The van der Waals surface area contributed by atoms with Gasteiger partial charge in [0, 0.05) is 33.9 Å². The van der Waals surface area contributed by atoms with E-state index in [0.717, 1.165) is 38.6 Å². The van der Waals surface area contributed by atoms with Crippen molar-refractivity contribution in [3.05, 3.63) is 0 Å². The average molecular weight is 215 g/mol. The van der Waals surface area contributed by atoms with Crippen LogP contribution in [-0.2, 0) is 9.47 Å². The van der Waals surface area contributed by atoms with Crippen molar-refractivity contribution in [2.24, 2.45) is 11.3 Å². The van der Waals surface area contributed by atoms with Gasteiger partial charge in [0.05, 0.1) is 6.61 Å². The van der Waals surface area contributed by atoms with Gasteiger partial charge >= 0.3 is 0 Å². The summed E-state index contributed by atoms with van der Waals surface area (Å²) in [6.07, 6.45) is 3.95. The van der Waals surface area contributed by atoms with Gasteiger partial charge in [0.15, 0.2) is 0 Å². The summed E-state index contributed by atoms with van der Waals surface area (Å²) >= 11 is 0. The molecular weight excluding hydrogens is 190 g/mol. The average Bonchev–Trinajstić information content (AvgIpc) is 3.05. The molecule has 3 nitrogen and oxygen atoms in total. The van der Waals surface area contributed by atoms with Gasteiger partial charge < -0.3 is 14.8 Å². The van der Waals surface area contributed by atoms with E-state index in [1.165, 1.54) is 12.8 Å². The molecule has 1 saturated carbocycles. The highest BCUT2D eigenvalue weighted by Crippen LogP contribution is 2.47. The summed E-state index contributed by atoms with van der Waals surface area (Å²) in [6, 6.07) is 0. The monoisotopic (exact) mass is 215 g/mol. The van der Waals surface area contributed by atoms with Gasteiger partial charge in [-0.3, -0.25) is 0 Å². The second kappa shape index (κ2) is 6.46. The SMILES string of the molecule is COCCNCC(C)(CCOC)C1CC1. The maximum atomic E-state index is 5.19. The fraction of sp³-hybridized carbons (Fsp3) is 1.00. The zero-order valence-electron chi connectivity index (χ0n) is 10.3. The molecule has 0 heterocycles. The van der Waals surface area contributed by atoms with Crippen molar-refractivity contribution in [3.63, 3.8) is 0 Å². The zero-order valence-corrected chi connectivity index (χ0v) is 10.3. The Bertz CT molecular complexity index is 171. The van der Waals surface area contributed by atoms with Crippen LogP contribution in [0.2, 0.25) is 0 Å². The van der Waals surface area contributed by atoms with Gasteiger partial charge in [-0.1, -0.05) is 6.92 Å². The summed E-state index contributed by atoms with van der Waals surface area (Å²) in [5.41, 5.74) is 0.420. The van der Waals surface area contributed by atoms with Crippen molar-refractivity contribution in [2.75, 3.05) is 40.5 Å². The van der Waals surface area contributed by atoms with Gasteiger partial charge in [0.2, 0.25) is 0 Å². The van der Waals surface area contributed by atoms with E-state index in [2.05, 4.69) is 12.2 Å². The molecule has 1 rings (SSSR count). The smallest absolute Gasteiger partial charge is 0.0587 e. The number of hydrogen-bond acceptors (Lipinski definition) is 3. The highest BCUT2D eigenvalue weighted by atomic mass is 16.5. The standard InChI is InChI=1S/C12H25NO2/c1-12(6-8-14-2,11-4-5-11)10-13-7-9-15-3/h11,13H,4-10H2,1-3H3. The molecule has 1 N–H and O–H groups in total. The third-order valence-corrected chi connectivity index (χ3v) is 3.45. The summed E-state index contributed by atoms with van der Waals surface area (Å²) < 4.78 is 10.2. The number of ether oxygens (including phenoxy) is 2. The van der Waals surface area contributed by atoms with Crippen LogP contribution >= 0.6 is 0 Å². The summed E-state index contributed by atoms with van der Waals surface area (Å²) in [5, 5.41) is 3.48. The maximum Gasteiger partial charge on any atom is 0.0587 e. The first-order valence-corrected chi connectivity index (χ1v) is 5.91. The van der Waals surface area contributed by atoms with E-state index in [0.29, 0.717) is 5.41 Å². The molecule has 1 aliphatic rings. The highest BCUT2D eigenvalue weighted by molar-refractivity contribution is 4.92. The van der Waals surface area contributed by atoms with E-state index < -0.39 is 0 Å². The molecule has 0 radical (unpaired) electrons. The molecule has 1 aliphatic carbocycles. The van der Waals surface area contributed by atoms with Crippen molar-refractivity contribution < 1.29 is 9.47 Å². The highest BCUT2D eigenvalue weighted by Gasteiger charge is 2.40. The summed E-state index contributed by atoms with van der Waals surface area (Å²) in [4.78, 5) is 0. The van der Waals surface area contributed by atoms with Crippen LogP contribution in [-0.4, -0.2) is 40.5 Å². The van der Waals surface area contributed by atoms with Gasteiger partial charge in [-0.25, -0.2) is 0 Å². The molecule has 0 saturated heterocycles. The molecule has 1 atom stereocenters. The first kappa shape index (κ1) is 12.9. The molecule has 0 aromatic heterocycles. The Labute approximate surface area is 93.5 Å². The minimum absolute atomic E-state index is 0.420. The first-order valence-electron chi connectivity index (χ1n) is 5.91. The van der Waals surface area contributed by atoms with Crippen LogP contribution in [0.3, 0.4) is 0 Å². The van der Waals surface area contributed by atoms with Crippen molar-refractivity contribution in [1.29, 1.82) is 0 Å². The zero-order chi connectivity index (χ0) is 11.1. The molecule has 15 heavy (non-hydrogen) atoms.